The number of carbonyl (C=O) groups is 1. The number of carbonyl (C=O) groups excluding carboxylic acids is 1. The fourth-order valence-corrected chi connectivity index (χ4v) is 4.59. The van der Waals surface area contributed by atoms with E-state index in [1.54, 1.807) is 18.2 Å². The Bertz CT molecular complexity index is 993. The van der Waals surface area contributed by atoms with Gasteiger partial charge in [-0.25, -0.2) is 8.42 Å². The molecule has 0 atom stereocenters. The number of morpholine rings is 1. The van der Waals surface area contributed by atoms with Crippen LogP contribution in [0.4, 0.5) is 5.69 Å². The number of aryl methyl sites for hydroxylation is 1. The van der Waals surface area contributed by atoms with Gasteiger partial charge < -0.3 is 14.2 Å². The van der Waals surface area contributed by atoms with Gasteiger partial charge in [-0.15, -0.1) is 0 Å². The summed E-state index contributed by atoms with van der Waals surface area (Å²) in [5, 5.41) is 0. The first kappa shape index (κ1) is 27.0. The normalized spacial score (nSPS) is 14.3. The maximum atomic E-state index is 12.9. The van der Waals surface area contributed by atoms with Crippen LogP contribution in [0.1, 0.15) is 28.8 Å². The van der Waals surface area contributed by atoms with Crippen molar-refractivity contribution < 1.29 is 52.1 Å². The Labute approximate surface area is 212 Å². The van der Waals surface area contributed by atoms with Crippen LogP contribution >= 0.6 is 0 Å². The van der Waals surface area contributed by atoms with Crippen molar-refractivity contribution >= 4 is 21.6 Å². The van der Waals surface area contributed by atoms with Gasteiger partial charge in [-0.05, 0) is 56.6 Å². The van der Waals surface area contributed by atoms with E-state index in [-0.39, 0.29) is 40.2 Å². The summed E-state index contributed by atoms with van der Waals surface area (Å²) in [6, 6.07) is 14.0. The first-order valence-electron chi connectivity index (χ1n) is 10.5. The predicted molar refractivity (Wildman–Crippen MR) is 119 cm³/mol. The van der Waals surface area contributed by atoms with Crippen LogP contribution in [0, 0.1) is 0 Å². The minimum absolute atomic E-state index is 0. The number of ketones is 1. The standard InChI is InChI=1S/C23H30N2O5S.Na/c1-24(13-7-6-9-19-8-2-5-12-23(19)31(27,28)29)18-22(26)20-10-3-4-11-21(20)25-14-16-30-17-15-25;/h2-5,8,10-12H,6-7,9,13-18H2,1H3,(H,27,28,29);/q;+1/p-1. The molecule has 0 radical (unpaired) electrons. The topological polar surface area (TPSA) is 90.0 Å². The molecule has 1 aliphatic heterocycles. The molecular weight excluding hydrogens is 439 g/mol. The molecule has 1 heterocycles. The van der Waals surface area contributed by atoms with E-state index in [9.17, 15) is 17.8 Å². The summed E-state index contributed by atoms with van der Waals surface area (Å²) in [6.07, 6.45) is 2.04. The molecule has 0 spiro atoms. The van der Waals surface area contributed by atoms with Crippen LogP contribution in [0.15, 0.2) is 53.4 Å². The molecule has 0 amide bonds. The maximum absolute atomic E-state index is 12.9. The minimum Gasteiger partial charge on any atom is -0.744 e. The molecule has 1 saturated heterocycles. The first-order valence-corrected chi connectivity index (χ1v) is 11.9. The number of para-hydroxylation sites is 1. The molecule has 1 fully saturated rings. The molecule has 0 bridgehead atoms. The van der Waals surface area contributed by atoms with Crippen molar-refractivity contribution in [2.75, 3.05) is 51.3 Å². The molecule has 2 aromatic rings. The third-order valence-corrected chi connectivity index (χ3v) is 6.38. The van der Waals surface area contributed by atoms with Crippen molar-refractivity contribution in [1.82, 2.24) is 4.90 Å². The third kappa shape index (κ3) is 7.66. The Morgan fingerprint density at radius 3 is 2.44 bits per heavy atom. The van der Waals surface area contributed by atoms with Crippen LogP contribution in [-0.2, 0) is 21.3 Å². The quantitative estimate of drug-likeness (QED) is 0.202. The van der Waals surface area contributed by atoms with E-state index in [2.05, 4.69) is 4.90 Å². The first-order chi connectivity index (χ1) is 14.9. The molecular formula is C23H29N2NaO5S. The molecule has 9 heteroatoms. The van der Waals surface area contributed by atoms with Crippen LogP contribution in [-0.4, -0.2) is 70.1 Å². The molecule has 2 aromatic carbocycles. The molecule has 0 aliphatic carbocycles. The smallest absolute Gasteiger partial charge is 0.744 e. The van der Waals surface area contributed by atoms with Gasteiger partial charge in [-0.1, -0.05) is 30.3 Å². The van der Waals surface area contributed by atoms with Gasteiger partial charge in [-0.2, -0.15) is 0 Å². The summed E-state index contributed by atoms with van der Waals surface area (Å²) >= 11 is 0. The SMILES string of the molecule is CN(CCCCc1ccccc1S(=O)(=O)[O-])CC(=O)c1ccccc1N1CCOCC1.[Na+]. The van der Waals surface area contributed by atoms with E-state index in [1.165, 1.54) is 6.07 Å². The molecule has 1 aliphatic rings. The predicted octanol–water partition coefficient (Wildman–Crippen LogP) is -0.431. The Hall–Kier alpha value is -1.26. The number of ether oxygens (including phenoxy) is 1. The van der Waals surface area contributed by atoms with E-state index in [1.807, 2.05) is 36.2 Å². The van der Waals surface area contributed by atoms with Gasteiger partial charge in [0.2, 0.25) is 0 Å². The number of benzene rings is 2. The summed E-state index contributed by atoms with van der Waals surface area (Å²) in [7, 11) is -2.56. The number of anilines is 1. The second kappa shape index (κ2) is 12.8. The summed E-state index contributed by atoms with van der Waals surface area (Å²) in [5.41, 5.74) is 2.24. The van der Waals surface area contributed by atoms with Gasteiger partial charge in [0.1, 0.15) is 10.1 Å². The van der Waals surface area contributed by atoms with Crippen molar-refractivity contribution in [1.29, 1.82) is 0 Å². The van der Waals surface area contributed by atoms with Gasteiger partial charge in [0.05, 0.1) is 24.7 Å². The maximum Gasteiger partial charge on any atom is 1.00 e. The number of nitrogens with zero attached hydrogens (tertiary/aromatic N) is 2. The van der Waals surface area contributed by atoms with Crippen LogP contribution in [0.5, 0.6) is 0 Å². The van der Waals surface area contributed by atoms with E-state index in [0.717, 1.165) is 37.2 Å². The molecule has 0 unspecified atom stereocenters. The van der Waals surface area contributed by atoms with Crippen LogP contribution in [0.25, 0.3) is 0 Å². The zero-order valence-corrected chi connectivity index (χ0v) is 21.6. The average molecular weight is 469 g/mol. The Morgan fingerprint density at radius 1 is 1.06 bits per heavy atom. The fourth-order valence-electron chi connectivity index (χ4n) is 3.85. The molecule has 3 rings (SSSR count). The van der Waals surface area contributed by atoms with Gasteiger partial charge >= 0.3 is 29.6 Å². The Balaban J connectivity index is 0.00000363. The summed E-state index contributed by atoms with van der Waals surface area (Å²) in [6.45, 7) is 3.91. The Morgan fingerprint density at radius 2 is 1.72 bits per heavy atom. The molecule has 0 saturated carbocycles. The average Bonchev–Trinajstić information content (AvgIpc) is 2.77. The van der Waals surface area contributed by atoms with E-state index >= 15 is 0 Å². The summed E-state index contributed by atoms with van der Waals surface area (Å²) in [4.78, 5) is 17.0. The van der Waals surface area contributed by atoms with E-state index in [4.69, 9.17) is 4.74 Å². The minimum atomic E-state index is -4.46. The van der Waals surface area contributed by atoms with Crippen LogP contribution in [0.3, 0.4) is 0 Å². The van der Waals surface area contributed by atoms with Gasteiger partial charge in [-0.3, -0.25) is 9.69 Å². The number of unbranched alkanes of at least 4 members (excludes halogenated alkanes) is 1. The van der Waals surface area contributed by atoms with E-state index < -0.39 is 10.1 Å². The fraction of sp³-hybridized carbons (Fsp3) is 0.435. The van der Waals surface area contributed by atoms with Crippen molar-refractivity contribution in [2.45, 2.75) is 24.2 Å². The van der Waals surface area contributed by atoms with Crippen molar-refractivity contribution in [2.24, 2.45) is 0 Å². The van der Waals surface area contributed by atoms with Gasteiger partial charge in [0.25, 0.3) is 0 Å². The molecule has 0 N–H and O–H groups in total. The molecule has 168 valence electrons. The van der Waals surface area contributed by atoms with Crippen molar-refractivity contribution in [3.63, 3.8) is 0 Å². The molecule has 32 heavy (non-hydrogen) atoms. The zero-order chi connectivity index (χ0) is 22.3. The van der Waals surface area contributed by atoms with Gasteiger partial charge in [0, 0.05) is 24.3 Å². The third-order valence-electron chi connectivity index (χ3n) is 5.45. The van der Waals surface area contributed by atoms with Gasteiger partial charge in [0.15, 0.2) is 5.78 Å². The number of rotatable bonds is 10. The molecule has 0 aromatic heterocycles. The monoisotopic (exact) mass is 468 g/mol. The number of hydrogen-bond acceptors (Lipinski definition) is 7. The summed E-state index contributed by atoms with van der Waals surface area (Å²) in [5.74, 6) is 0.0763. The van der Waals surface area contributed by atoms with Crippen molar-refractivity contribution in [3.05, 3.63) is 59.7 Å². The van der Waals surface area contributed by atoms with Crippen LogP contribution in [0.2, 0.25) is 0 Å². The zero-order valence-electron chi connectivity index (χ0n) is 18.8. The number of likely N-dealkylation sites (N-methyl/N-ethyl adjacent to an activating group) is 1. The Kier molecular flexibility index (Phi) is 10.8. The van der Waals surface area contributed by atoms with Crippen molar-refractivity contribution in [3.8, 4) is 0 Å². The van der Waals surface area contributed by atoms with Crippen LogP contribution < -0.4 is 34.5 Å². The van der Waals surface area contributed by atoms with E-state index in [0.29, 0.717) is 38.3 Å². The number of Topliss-reactive ketones (excluding diaryl/α,β-unsaturated/α-hetero) is 1. The molecule has 7 nitrogen and oxygen atoms in total. The number of hydrogen-bond donors (Lipinski definition) is 0. The summed E-state index contributed by atoms with van der Waals surface area (Å²) < 4.78 is 39.6. The second-order valence-corrected chi connectivity index (χ2v) is 9.14. The second-order valence-electron chi connectivity index (χ2n) is 7.80. The largest absolute Gasteiger partial charge is 1.00 e.